The van der Waals surface area contributed by atoms with E-state index in [1.54, 1.807) is 13.0 Å². The minimum absolute atomic E-state index is 0.325. The van der Waals surface area contributed by atoms with E-state index in [1.165, 1.54) is 6.07 Å². The molecule has 0 unspecified atom stereocenters. The van der Waals surface area contributed by atoms with Gasteiger partial charge < -0.3 is 9.79 Å². The van der Waals surface area contributed by atoms with Gasteiger partial charge in [-0.15, -0.1) is 0 Å². The predicted molar refractivity (Wildman–Crippen MR) is 46.9 cm³/mol. The molecule has 0 spiro atoms. The summed E-state index contributed by atoms with van der Waals surface area (Å²) in [6.45, 7) is 1.67. The largest absolute Gasteiger partial charge is 0.329 e. The molecule has 5 heteroatoms. The molecule has 0 radical (unpaired) electrons. The molecule has 0 bridgehead atoms. The van der Waals surface area contributed by atoms with Gasteiger partial charge in [-0.25, -0.2) is 4.39 Å². The van der Waals surface area contributed by atoms with Crippen molar-refractivity contribution in [2.45, 2.75) is 13.1 Å². The lowest BCUT2D eigenvalue weighted by molar-refractivity contribution is 0.371. The van der Waals surface area contributed by atoms with Crippen LogP contribution in [0.2, 0.25) is 0 Å². The number of rotatable bonds is 2. The fourth-order valence-electron chi connectivity index (χ4n) is 1.14. The lowest BCUT2D eigenvalue weighted by Gasteiger charge is -2.04. The van der Waals surface area contributed by atoms with Gasteiger partial charge in [-0.1, -0.05) is 6.07 Å². The van der Waals surface area contributed by atoms with Crippen LogP contribution in [0.3, 0.4) is 0 Å². The second-order valence-corrected chi connectivity index (χ2v) is 4.61. The molecule has 0 aromatic heterocycles. The van der Waals surface area contributed by atoms with Gasteiger partial charge in [0.25, 0.3) is 0 Å². The van der Waals surface area contributed by atoms with Crippen LogP contribution in [-0.2, 0) is 10.7 Å². The number of hydrogen-bond acceptors (Lipinski definition) is 1. The quantitative estimate of drug-likeness (QED) is 0.722. The summed E-state index contributed by atoms with van der Waals surface area (Å²) in [7, 11) is -4.09. The van der Waals surface area contributed by atoms with Gasteiger partial charge in [0.2, 0.25) is 0 Å². The highest BCUT2D eigenvalue weighted by Gasteiger charge is 2.14. The van der Waals surface area contributed by atoms with Gasteiger partial charge in [0.15, 0.2) is 0 Å². The van der Waals surface area contributed by atoms with Gasteiger partial charge in [-0.05, 0) is 30.2 Å². The van der Waals surface area contributed by atoms with E-state index < -0.39 is 19.6 Å². The highest BCUT2D eigenvalue weighted by Crippen LogP contribution is 2.39. The van der Waals surface area contributed by atoms with Crippen molar-refractivity contribution in [3.63, 3.8) is 0 Å². The van der Waals surface area contributed by atoms with E-state index in [4.69, 9.17) is 9.79 Å². The van der Waals surface area contributed by atoms with E-state index in [-0.39, 0.29) is 0 Å². The summed E-state index contributed by atoms with van der Waals surface area (Å²) in [6, 6.07) is 4.00. The van der Waals surface area contributed by atoms with Crippen LogP contribution in [0.5, 0.6) is 0 Å². The van der Waals surface area contributed by atoms with Crippen LogP contribution < -0.4 is 0 Å². The SMILES string of the molecule is Cc1cc(F)cc(CP(=O)(O)O)c1. The molecule has 0 saturated heterocycles. The Bertz CT molecular complexity index is 338. The maximum absolute atomic E-state index is 12.8. The normalized spacial score (nSPS) is 11.7. The molecule has 13 heavy (non-hydrogen) atoms. The Balaban J connectivity index is 2.96. The van der Waals surface area contributed by atoms with Gasteiger partial charge >= 0.3 is 7.60 Å². The molecule has 1 rings (SSSR count). The second-order valence-electron chi connectivity index (χ2n) is 2.96. The molecular formula is C8H10FO3P. The fourth-order valence-corrected chi connectivity index (χ4v) is 1.80. The maximum Gasteiger partial charge on any atom is 0.329 e. The molecule has 0 atom stereocenters. The van der Waals surface area contributed by atoms with E-state index in [0.29, 0.717) is 11.1 Å². The number of aryl methyl sites for hydroxylation is 1. The summed E-state index contributed by atoms with van der Waals surface area (Å²) in [4.78, 5) is 17.3. The van der Waals surface area contributed by atoms with Crippen molar-refractivity contribution >= 4 is 7.60 Å². The minimum Gasteiger partial charge on any atom is -0.324 e. The van der Waals surface area contributed by atoms with E-state index >= 15 is 0 Å². The molecule has 0 aliphatic carbocycles. The van der Waals surface area contributed by atoms with E-state index in [0.717, 1.165) is 6.07 Å². The average molecular weight is 204 g/mol. The summed E-state index contributed by atoms with van der Waals surface area (Å²) in [6.07, 6.45) is -0.411. The first-order chi connectivity index (χ1) is 5.87. The summed E-state index contributed by atoms with van der Waals surface area (Å²) in [5.74, 6) is -0.469. The zero-order chi connectivity index (χ0) is 10.1. The summed E-state index contributed by atoms with van der Waals surface area (Å²) < 4.78 is 23.3. The third-order valence-electron chi connectivity index (χ3n) is 1.49. The maximum atomic E-state index is 12.8. The molecule has 0 saturated carbocycles. The van der Waals surface area contributed by atoms with Crippen molar-refractivity contribution in [1.82, 2.24) is 0 Å². The Kier molecular flexibility index (Phi) is 2.86. The molecule has 0 heterocycles. The van der Waals surface area contributed by atoms with Crippen molar-refractivity contribution in [2.75, 3.05) is 0 Å². The standard InChI is InChI=1S/C8H10FO3P/c1-6-2-7(4-8(9)3-6)5-13(10,11)12/h2-4H,5H2,1H3,(H2,10,11,12). The smallest absolute Gasteiger partial charge is 0.324 e. The van der Waals surface area contributed by atoms with E-state index in [2.05, 4.69) is 0 Å². The molecule has 3 nitrogen and oxygen atoms in total. The Morgan fingerprint density at radius 2 is 2.00 bits per heavy atom. The van der Waals surface area contributed by atoms with Crippen molar-refractivity contribution < 1.29 is 18.7 Å². The number of hydrogen-bond donors (Lipinski definition) is 2. The second kappa shape index (κ2) is 3.58. The van der Waals surface area contributed by atoms with Crippen LogP contribution in [0.1, 0.15) is 11.1 Å². The van der Waals surface area contributed by atoms with Crippen molar-refractivity contribution in [3.8, 4) is 0 Å². The molecule has 0 aliphatic rings. The van der Waals surface area contributed by atoms with Crippen molar-refractivity contribution in [3.05, 3.63) is 35.1 Å². The predicted octanol–water partition coefficient (Wildman–Crippen LogP) is 1.81. The minimum atomic E-state index is -4.09. The number of benzene rings is 1. The molecular weight excluding hydrogens is 194 g/mol. The zero-order valence-corrected chi connectivity index (χ0v) is 7.96. The lowest BCUT2D eigenvalue weighted by atomic mass is 10.1. The third-order valence-corrected chi connectivity index (χ3v) is 2.27. The Hall–Kier alpha value is -0.700. The lowest BCUT2D eigenvalue weighted by Crippen LogP contribution is -1.89. The molecule has 1 aromatic carbocycles. The summed E-state index contributed by atoms with van der Waals surface area (Å²) >= 11 is 0. The van der Waals surface area contributed by atoms with Crippen LogP contribution in [0.4, 0.5) is 4.39 Å². The van der Waals surface area contributed by atoms with Gasteiger partial charge in [0, 0.05) is 0 Å². The molecule has 2 N–H and O–H groups in total. The first-order valence-electron chi connectivity index (χ1n) is 3.67. The summed E-state index contributed by atoms with van der Waals surface area (Å²) in [5, 5.41) is 0. The molecule has 1 aromatic rings. The highest BCUT2D eigenvalue weighted by atomic mass is 31.2. The monoisotopic (exact) mass is 204 g/mol. The first kappa shape index (κ1) is 10.4. The fraction of sp³-hybridized carbons (Fsp3) is 0.250. The van der Waals surface area contributed by atoms with Crippen molar-refractivity contribution in [2.24, 2.45) is 0 Å². The van der Waals surface area contributed by atoms with Gasteiger partial charge in [-0.3, -0.25) is 4.57 Å². The average Bonchev–Trinajstić information content (AvgIpc) is 1.78. The third kappa shape index (κ3) is 3.68. The van der Waals surface area contributed by atoms with Crippen LogP contribution in [-0.4, -0.2) is 9.79 Å². The van der Waals surface area contributed by atoms with E-state index in [9.17, 15) is 8.96 Å². The Morgan fingerprint density at radius 1 is 1.38 bits per heavy atom. The molecule has 0 amide bonds. The Labute approximate surface area is 75.4 Å². The number of halogens is 1. The Morgan fingerprint density at radius 3 is 2.46 bits per heavy atom. The topological polar surface area (TPSA) is 57.5 Å². The summed E-state index contributed by atoms with van der Waals surface area (Å²) in [5.41, 5.74) is 0.981. The van der Waals surface area contributed by atoms with Gasteiger partial charge in [0.05, 0.1) is 6.16 Å². The van der Waals surface area contributed by atoms with Crippen LogP contribution >= 0.6 is 7.60 Å². The molecule has 0 aliphatic heterocycles. The first-order valence-corrected chi connectivity index (χ1v) is 5.47. The molecule has 0 fully saturated rings. The zero-order valence-electron chi connectivity index (χ0n) is 7.07. The highest BCUT2D eigenvalue weighted by molar-refractivity contribution is 7.50. The molecule has 72 valence electrons. The van der Waals surface area contributed by atoms with Crippen LogP contribution in [0.25, 0.3) is 0 Å². The van der Waals surface area contributed by atoms with Crippen molar-refractivity contribution in [1.29, 1.82) is 0 Å². The van der Waals surface area contributed by atoms with Gasteiger partial charge in [-0.2, -0.15) is 0 Å². The van der Waals surface area contributed by atoms with E-state index in [1.807, 2.05) is 0 Å². The van der Waals surface area contributed by atoms with Gasteiger partial charge in [0.1, 0.15) is 5.82 Å². The van der Waals surface area contributed by atoms with Crippen LogP contribution in [0.15, 0.2) is 18.2 Å². The van der Waals surface area contributed by atoms with Crippen LogP contribution in [0, 0.1) is 12.7 Å².